The largest absolute Gasteiger partial charge is 0.456 e. The van der Waals surface area contributed by atoms with Gasteiger partial charge >= 0.3 is 5.97 Å². The van der Waals surface area contributed by atoms with Crippen molar-refractivity contribution in [3.63, 3.8) is 0 Å². The lowest BCUT2D eigenvalue weighted by Gasteiger charge is -2.49. The van der Waals surface area contributed by atoms with Crippen LogP contribution in [0.2, 0.25) is 0 Å². The molecule has 0 aromatic rings. The first-order chi connectivity index (χ1) is 27.0. The van der Waals surface area contributed by atoms with E-state index >= 15 is 0 Å². The number of allylic oxidation sites excluding steroid dienone is 2. The third kappa shape index (κ3) is 11.7. The molecule has 1 saturated carbocycles. The molecular weight excluding hydrogens is 734 g/mol. The summed E-state index contributed by atoms with van der Waals surface area (Å²) in [4.78, 5) is 30.0. The van der Waals surface area contributed by atoms with E-state index in [-0.39, 0.29) is 49.7 Å². The van der Waals surface area contributed by atoms with Crippen LogP contribution in [0.1, 0.15) is 119 Å². The number of aliphatic hydroxyl groups excluding tert-OH is 4. The molecule has 0 aromatic carbocycles. The number of piperidine rings is 1. The Labute approximate surface area is 341 Å². The highest BCUT2D eigenvalue weighted by atomic mass is 16.7. The molecule has 2 bridgehead atoms. The van der Waals surface area contributed by atoms with Crippen LogP contribution >= 0.6 is 0 Å². The predicted octanol–water partition coefficient (Wildman–Crippen LogP) is 4.45. The van der Waals surface area contributed by atoms with Crippen molar-refractivity contribution in [3.8, 4) is 0 Å². The number of methoxy groups -OCH3 is 3. The summed E-state index contributed by atoms with van der Waals surface area (Å²) in [6.45, 7) is 11.7. The zero-order chi connectivity index (χ0) is 42.2. The third-order valence-electron chi connectivity index (χ3n) is 13.4. The van der Waals surface area contributed by atoms with Gasteiger partial charge in [-0.3, -0.25) is 4.79 Å². The van der Waals surface area contributed by atoms with Crippen molar-refractivity contribution >= 4 is 11.9 Å². The molecule has 0 spiro atoms. The smallest absolute Gasteiger partial charge is 0.329 e. The van der Waals surface area contributed by atoms with E-state index in [1.165, 1.54) is 4.90 Å². The monoisotopic (exact) mass is 810 g/mol. The van der Waals surface area contributed by atoms with Gasteiger partial charge in [-0.25, -0.2) is 4.79 Å². The molecule has 4 rings (SSSR count). The van der Waals surface area contributed by atoms with Crippen LogP contribution in [-0.2, 0) is 33.3 Å². The zero-order valence-corrected chi connectivity index (χ0v) is 36.0. The summed E-state index contributed by atoms with van der Waals surface area (Å²) >= 11 is 0. The first-order valence-corrected chi connectivity index (χ1v) is 21.6. The molecule has 3 fully saturated rings. The number of rotatable bonds is 7. The van der Waals surface area contributed by atoms with Crippen LogP contribution < -0.4 is 0 Å². The van der Waals surface area contributed by atoms with Gasteiger partial charge in [-0.2, -0.15) is 0 Å². The zero-order valence-electron chi connectivity index (χ0n) is 36.0. The molecule has 328 valence electrons. The molecule has 5 N–H and O–H groups in total. The van der Waals surface area contributed by atoms with Gasteiger partial charge < -0.3 is 54.1 Å². The molecular formula is C44H75NO12. The highest BCUT2D eigenvalue weighted by Gasteiger charge is 2.56. The number of carbonyl (C=O) groups is 2. The molecule has 1 aliphatic carbocycles. The summed E-state index contributed by atoms with van der Waals surface area (Å²) in [6, 6.07) is -1.05. The van der Waals surface area contributed by atoms with Gasteiger partial charge in [0, 0.05) is 52.0 Å². The van der Waals surface area contributed by atoms with Crippen LogP contribution in [0.3, 0.4) is 0 Å². The molecule has 3 aliphatic heterocycles. The lowest BCUT2D eigenvalue weighted by molar-refractivity contribution is -0.346. The Morgan fingerprint density at radius 3 is 2.21 bits per heavy atom. The van der Waals surface area contributed by atoms with Crippen molar-refractivity contribution in [2.75, 3.05) is 27.9 Å². The second-order valence-electron chi connectivity index (χ2n) is 17.9. The van der Waals surface area contributed by atoms with Gasteiger partial charge in [0.2, 0.25) is 5.79 Å². The second kappa shape index (κ2) is 21.5. The number of nitrogens with zero attached hydrogens (tertiary/aromatic N) is 1. The van der Waals surface area contributed by atoms with Gasteiger partial charge in [-0.05, 0) is 95.5 Å². The second-order valence-corrected chi connectivity index (χ2v) is 17.9. The van der Waals surface area contributed by atoms with Crippen molar-refractivity contribution in [1.29, 1.82) is 0 Å². The van der Waals surface area contributed by atoms with E-state index in [0.29, 0.717) is 50.5 Å². The quantitative estimate of drug-likeness (QED) is 0.180. The first kappa shape index (κ1) is 47.7. The Balaban J connectivity index is 1.77. The minimum atomic E-state index is -2.30. The molecule has 16 atom stereocenters. The Morgan fingerprint density at radius 2 is 1.56 bits per heavy atom. The topological polar surface area (TPSA) is 185 Å². The van der Waals surface area contributed by atoms with Gasteiger partial charge in [0.15, 0.2) is 6.10 Å². The van der Waals surface area contributed by atoms with Crippen LogP contribution in [0.4, 0.5) is 0 Å². The maximum atomic E-state index is 14.4. The maximum absolute atomic E-state index is 14.4. The standard InChI is InChI=1S/C44H75NO12/c1-10-13-31-19-25(2)18-26(3)20-37(54-8)40-38(55-9)22-28(5)44(52,57-40)41(49)42(50)45-17-12-11-14-32(45)43(51)56-39(29(6)34(47)24-35(31)48)27(4)21-30-15-16-33(46)36(23-30)53-7/h19,21,26,28-41,46-49,52H,10-18,20,22-24H2,1-9H3/b25-19+,27-21+/t26-,28+,29+,30-,31+,32-,33+,34-,35?,36+,37-,38-,39+,40+,41?,44+/m0/s1. The molecule has 3 heterocycles. The van der Waals surface area contributed by atoms with Crippen molar-refractivity contribution < 1.29 is 58.8 Å². The first-order valence-electron chi connectivity index (χ1n) is 21.6. The maximum Gasteiger partial charge on any atom is 0.329 e. The number of fused-ring (bicyclic) bond motifs is 3. The SMILES string of the molecule is CCC[C@@H]1/C=C(\C)C[C@H](C)C[C@H](OC)[C@H]2O[C@@](O)(C(O)C(=O)N3CCCC[C@H]3C(=O)O[C@H](/C(C)=C/[C@@H]3CC[C@@H](O)[C@H](OC)C3)[C@H](C)[C@@H](O)CC1O)[C@H](C)C[C@@H]2OC. The van der Waals surface area contributed by atoms with Gasteiger partial charge in [-0.1, -0.05) is 51.8 Å². The molecule has 0 aromatic heterocycles. The summed E-state index contributed by atoms with van der Waals surface area (Å²) in [5, 5.41) is 57.8. The number of cyclic esters (lactones) is 1. The summed E-state index contributed by atoms with van der Waals surface area (Å²) in [5.41, 5.74) is 1.80. The average Bonchev–Trinajstić information content (AvgIpc) is 3.18. The predicted molar refractivity (Wildman–Crippen MR) is 215 cm³/mol. The number of carbonyl (C=O) groups excluding carboxylic acids is 2. The van der Waals surface area contributed by atoms with Crippen LogP contribution in [0.25, 0.3) is 0 Å². The lowest BCUT2D eigenvalue weighted by Crippen LogP contribution is -2.66. The fourth-order valence-corrected chi connectivity index (χ4v) is 9.94. The Morgan fingerprint density at radius 1 is 0.895 bits per heavy atom. The molecule has 13 nitrogen and oxygen atoms in total. The van der Waals surface area contributed by atoms with Crippen LogP contribution in [0.5, 0.6) is 0 Å². The van der Waals surface area contributed by atoms with E-state index in [0.717, 1.165) is 18.4 Å². The Kier molecular flexibility index (Phi) is 18.0. The highest BCUT2D eigenvalue weighted by molar-refractivity contribution is 5.88. The summed E-state index contributed by atoms with van der Waals surface area (Å²) in [7, 11) is 4.72. The molecule has 1 amide bonds. The molecule has 13 heteroatoms. The van der Waals surface area contributed by atoms with E-state index in [1.54, 1.807) is 28.3 Å². The van der Waals surface area contributed by atoms with Gasteiger partial charge in [0.25, 0.3) is 5.91 Å². The fraction of sp³-hybridized carbons (Fsp3) is 0.864. The van der Waals surface area contributed by atoms with Gasteiger partial charge in [-0.15, -0.1) is 0 Å². The van der Waals surface area contributed by atoms with E-state index in [9.17, 15) is 35.1 Å². The number of amides is 1. The number of ether oxygens (including phenoxy) is 5. The number of aliphatic hydroxyl groups is 5. The number of hydrogen-bond acceptors (Lipinski definition) is 12. The van der Waals surface area contributed by atoms with E-state index in [1.807, 2.05) is 26.8 Å². The minimum absolute atomic E-state index is 0.0296. The van der Waals surface area contributed by atoms with Crippen molar-refractivity contribution in [1.82, 2.24) is 4.90 Å². The van der Waals surface area contributed by atoms with E-state index in [4.69, 9.17) is 23.7 Å². The number of esters is 1. The third-order valence-corrected chi connectivity index (χ3v) is 13.4. The van der Waals surface area contributed by atoms with Crippen LogP contribution in [-0.4, -0.2) is 137 Å². The molecule has 4 aliphatic rings. The average molecular weight is 810 g/mol. The minimum Gasteiger partial charge on any atom is -0.456 e. The van der Waals surface area contributed by atoms with E-state index < -0.39 is 84.4 Å². The highest BCUT2D eigenvalue weighted by Crippen LogP contribution is 2.41. The summed E-state index contributed by atoms with van der Waals surface area (Å²) in [5.74, 6) is -5.25. The molecule has 57 heavy (non-hydrogen) atoms. The van der Waals surface area contributed by atoms with Crippen molar-refractivity contribution in [3.05, 3.63) is 23.3 Å². The summed E-state index contributed by atoms with van der Waals surface area (Å²) < 4.78 is 30.1. The normalized spacial score (nSPS) is 43.6. The molecule has 2 unspecified atom stereocenters. The number of hydrogen-bond donors (Lipinski definition) is 5. The van der Waals surface area contributed by atoms with E-state index in [2.05, 4.69) is 19.9 Å². The Bertz CT molecular complexity index is 1360. The lowest BCUT2D eigenvalue weighted by atomic mass is 9.81. The van der Waals surface area contributed by atoms with Crippen molar-refractivity contribution in [2.24, 2.45) is 29.6 Å². The van der Waals surface area contributed by atoms with Gasteiger partial charge in [0.05, 0.1) is 36.6 Å². The fourth-order valence-electron chi connectivity index (χ4n) is 9.94. The van der Waals surface area contributed by atoms with Crippen molar-refractivity contribution in [2.45, 2.75) is 185 Å². The molecule has 2 saturated heterocycles. The Hall–Kier alpha value is -1.94. The molecule has 0 radical (unpaired) electrons. The summed E-state index contributed by atoms with van der Waals surface area (Å²) in [6.07, 6.45) is 3.06. The van der Waals surface area contributed by atoms with Crippen LogP contribution in [0, 0.1) is 29.6 Å². The van der Waals surface area contributed by atoms with Crippen LogP contribution in [0.15, 0.2) is 23.3 Å². The van der Waals surface area contributed by atoms with Gasteiger partial charge in [0.1, 0.15) is 18.2 Å².